The molecule has 0 spiro atoms. The molecule has 0 bridgehead atoms. The van der Waals surface area contributed by atoms with Crippen LogP contribution in [0.25, 0.3) is 0 Å². The largest absolute Gasteiger partial charge is 0.385 e. The third-order valence-corrected chi connectivity index (χ3v) is 6.83. The molecular formula is C22H30N8O2. The summed E-state index contributed by atoms with van der Waals surface area (Å²) in [6.45, 7) is 3.28. The fourth-order valence-corrected chi connectivity index (χ4v) is 4.95. The van der Waals surface area contributed by atoms with Gasteiger partial charge in [0.05, 0.1) is 0 Å². The molecule has 4 N–H and O–H groups in total. The Morgan fingerprint density at radius 2 is 1.06 bits per heavy atom. The monoisotopic (exact) mass is 438 g/mol. The molecule has 2 aliphatic heterocycles. The van der Waals surface area contributed by atoms with Crippen molar-refractivity contribution in [1.29, 1.82) is 0 Å². The third-order valence-electron chi connectivity index (χ3n) is 6.83. The summed E-state index contributed by atoms with van der Waals surface area (Å²) in [6.07, 6.45) is 12.7. The molecule has 3 aromatic rings. The summed E-state index contributed by atoms with van der Waals surface area (Å²) in [5.74, 6) is 3.45. The molecule has 10 heteroatoms. The van der Waals surface area contributed by atoms with Crippen LogP contribution in [0.2, 0.25) is 0 Å². The summed E-state index contributed by atoms with van der Waals surface area (Å²) < 4.78 is 0. The number of aromatic amines is 2. The van der Waals surface area contributed by atoms with Gasteiger partial charge in [-0.1, -0.05) is 0 Å². The van der Waals surface area contributed by atoms with E-state index in [1.54, 1.807) is 37.2 Å². The first kappa shape index (κ1) is 20.9. The molecule has 0 radical (unpaired) electrons. The second kappa shape index (κ2) is 9.25. The average molecular weight is 439 g/mol. The van der Waals surface area contributed by atoms with Crippen molar-refractivity contribution in [2.45, 2.75) is 37.9 Å². The Hall–Kier alpha value is -2.98. The number of nitrogens with one attached hydrogen (secondary N) is 2. The van der Waals surface area contributed by atoms with E-state index >= 15 is 0 Å². The normalized spacial score (nSPS) is 20.4. The molecule has 2 aliphatic rings. The van der Waals surface area contributed by atoms with Crippen molar-refractivity contribution in [2.75, 3.05) is 36.0 Å². The maximum Gasteiger partial charge on any atom is 0.171 e. The zero-order valence-corrected chi connectivity index (χ0v) is 18.0. The van der Waals surface area contributed by atoms with Crippen molar-refractivity contribution in [3.8, 4) is 0 Å². The molecule has 10 nitrogen and oxygen atoms in total. The SMILES string of the molecule is OC(c1ncc[nH]1)C1CCN(c2nccnc2N2CCC(C(O)c3ncc[nH]3)CC2)CC1. The number of aliphatic hydroxyl groups is 2. The molecule has 0 aliphatic carbocycles. The molecule has 5 rings (SSSR count). The van der Waals surface area contributed by atoms with E-state index in [4.69, 9.17) is 0 Å². The molecule has 0 amide bonds. The zero-order valence-electron chi connectivity index (χ0n) is 18.0. The lowest BCUT2D eigenvalue weighted by Gasteiger charge is -2.38. The lowest BCUT2D eigenvalue weighted by Crippen LogP contribution is -2.40. The van der Waals surface area contributed by atoms with Crippen molar-refractivity contribution in [3.05, 3.63) is 48.8 Å². The molecule has 2 atom stereocenters. The molecule has 170 valence electrons. The van der Waals surface area contributed by atoms with Gasteiger partial charge in [0.15, 0.2) is 11.6 Å². The quantitative estimate of drug-likeness (QED) is 0.459. The van der Waals surface area contributed by atoms with Crippen LogP contribution >= 0.6 is 0 Å². The maximum absolute atomic E-state index is 10.6. The second-order valence-electron chi connectivity index (χ2n) is 8.69. The lowest BCUT2D eigenvalue weighted by molar-refractivity contribution is 0.0849. The predicted octanol–water partition coefficient (Wildman–Crippen LogP) is 1.82. The summed E-state index contributed by atoms with van der Waals surface area (Å²) in [6, 6.07) is 0. The van der Waals surface area contributed by atoms with Gasteiger partial charge in [-0.3, -0.25) is 0 Å². The first-order valence-corrected chi connectivity index (χ1v) is 11.4. The minimum Gasteiger partial charge on any atom is -0.385 e. The Balaban J connectivity index is 1.21. The number of rotatable bonds is 6. The number of aromatic nitrogens is 6. The van der Waals surface area contributed by atoms with Gasteiger partial charge in [0, 0.05) is 63.4 Å². The number of nitrogens with zero attached hydrogens (tertiary/aromatic N) is 6. The zero-order chi connectivity index (χ0) is 21.9. The van der Waals surface area contributed by atoms with Gasteiger partial charge in [-0.2, -0.15) is 0 Å². The Bertz CT molecular complexity index is 885. The van der Waals surface area contributed by atoms with Crippen LogP contribution in [0.15, 0.2) is 37.2 Å². The second-order valence-corrected chi connectivity index (χ2v) is 8.69. The summed E-state index contributed by atoms with van der Waals surface area (Å²) in [5.41, 5.74) is 0. The molecule has 5 heterocycles. The maximum atomic E-state index is 10.6. The molecule has 0 aromatic carbocycles. The minimum absolute atomic E-state index is 0.177. The Kier molecular flexibility index (Phi) is 6.04. The van der Waals surface area contributed by atoms with E-state index in [1.807, 2.05) is 0 Å². The van der Waals surface area contributed by atoms with Gasteiger partial charge in [0.2, 0.25) is 0 Å². The highest BCUT2D eigenvalue weighted by molar-refractivity contribution is 5.62. The summed E-state index contributed by atoms with van der Waals surface area (Å²) in [4.78, 5) is 28.3. The van der Waals surface area contributed by atoms with Crippen LogP contribution in [0, 0.1) is 11.8 Å². The molecule has 2 saturated heterocycles. The molecule has 0 saturated carbocycles. The van der Waals surface area contributed by atoms with E-state index in [1.165, 1.54) is 0 Å². The fourth-order valence-electron chi connectivity index (χ4n) is 4.95. The number of hydrogen-bond donors (Lipinski definition) is 4. The van der Waals surface area contributed by atoms with Crippen molar-refractivity contribution in [2.24, 2.45) is 11.8 Å². The highest BCUT2D eigenvalue weighted by Crippen LogP contribution is 2.36. The van der Waals surface area contributed by atoms with Crippen LogP contribution in [0.3, 0.4) is 0 Å². The van der Waals surface area contributed by atoms with E-state index in [-0.39, 0.29) is 11.8 Å². The molecular weight excluding hydrogens is 408 g/mol. The number of H-pyrrole nitrogens is 2. The number of piperidine rings is 2. The van der Waals surface area contributed by atoms with E-state index in [9.17, 15) is 10.2 Å². The van der Waals surface area contributed by atoms with Gasteiger partial charge >= 0.3 is 0 Å². The summed E-state index contributed by atoms with van der Waals surface area (Å²) in [7, 11) is 0. The first-order valence-electron chi connectivity index (χ1n) is 11.4. The van der Waals surface area contributed by atoms with Gasteiger partial charge in [-0.25, -0.2) is 19.9 Å². The van der Waals surface area contributed by atoms with Crippen LogP contribution in [-0.4, -0.2) is 66.3 Å². The van der Waals surface area contributed by atoms with Crippen molar-refractivity contribution in [3.63, 3.8) is 0 Å². The van der Waals surface area contributed by atoms with E-state index in [0.29, 0.717) is 11.6 Å². The Morgan fingerprint density at radius 1 is 0.656 bits per heavy atom. The third kappa shape index (κ3) is 4.20. The van der Waals surface area contributed by atoms with E-state index in [2.05, 4.69) is 39.7 Å². The number of imidazole rings is 2. The highest BCUT2D eigenvalue weighted by Gasteiger charge is 2.32. The lowest BCUT2D eigenvalue weighted by atomic mass is 9.90. The minimum atomic E-state index is -0.562. The van der Waals surface area contributed by atoms with Crippen molar-refractivity contribution in [1.82, 2.24) is 29.9 Å². The molecule has 32 heavy (non-hydrogen) atoms. The predicted molar refractivity (Wildman–Crippen MR) is 119 cm³/mol. The number of aliphatic hydroxyl groups excluding tert-OH is 2. The van der Waals surface area contributed by atoms with E-state index < -0.39 is 12.2 Å². The summed E-state index contributed by atoms with van der Waals surface area (Å²) in [5, 5.41) is 21.2. The topological polar surface area (TPSA) is 130 Å². The number of anilines is 2. The standard InChI is InChI=1S/C22H30N8O2/c31-17(19-23-5-6-24-19)15-1-11-29(12-2-15)21-22(28-10-9-27-21)30-13-3-16(4-14-30)18(32)20-25-7-8-26-20/h5-10,15-18,31-32H,1-4,11-14H2,(H,23,24)(H,25,26). The Morgan fingerprint density at radius 3 is 1.41 bits per heavy atom. The smallest absolute Gasteiger partial charge is 0.171 e. The van der Waals surface area contributed by atoms with Crippen LogP contribution in [0.1, 0.15) is 49.5 Å². The van der Waals surface area contributed by atoms with Crippen molar-refractivity contribution < 1.29 is 10.2 Å². The number of hydrogen-bond acceptors (Lipinski definition) is 8. The van der Waals surface area contributed by atoms with Gasteiger partial charge in [0.1, 0.15) is 23.9 Å². The fraction of sp³-hybridized carbons (Fsp3) is 0.545. The molecule has 2 fully saturated rings. The van der Waals surface area contributed by atoms with Crippen molar-refractivity contribution >= 4 is 11.6 Å². The van der Waals surface area contributed by atoms with Gasteiger partial charge < -0.3 is 30.0 Å². The van der Waals surface area contributed by atoms with Crippen LogP contribution in [0.4, 0.5) is 11.6 Å². The highest BCUT2D eigenvalue weighted by atomic mass is 16.3. The molecule has 3 aromatic heterocycles. The van der Waals surface area contributed by atoms with Gasteiger partial charge in [0.25, 0.3) is 0 Å². The van der Waals surface area contributed by atoms with Crippen LogP contribution < -0.4 is 9.80 Å². The van der Waals surface area contributed by atoms with Crippen LogP contribution in [0.5, 0.6) is 0 Å². The van der Waals surface area contributed by atoms with Gasteiger partial charge in [-0.05, 0) is 37.5 Å². The average Bonchev–Trinajstić information content (AvgIpc) is 3.58. The first-order chi connectivity index (χ1) is 15.7. The Labute approximate surface area is 186 Å². The van der Waals surface area contributed by atoms with Crippen LogP contribution in [-0.2, 0) is 0 Å². The van der Waals surface area contributed by atoms with Gasteiger partial charge in [-0.15, -0.1) is 0 Å². The molecule has 2 unspecified atom stereocenters. The summed E-state index contributed by atoms with van der Waals surface area (Å²) >= 11 is 0. The van der Waals surface area contributed by atoms with E-state index in [0.717, 1.165) is 63.5 Å².